The van der Waals surface area contributed by atoms with Crippen LogP contribution in [0.3, 0.4) is 0 Å². The third-order valence-corrected chi connectivity index (χ3v) is 7.33. The van der Waals surface area contributed by atoms with Crippen LogP contribution in [0.15, 0.2) is 36.4 Å². The largest absolute Gasteiger partial charge is 0.348 e. The number of amides is 1. The Balaban J connectivity index is 1.87. The van der Waals surface area contributed by atoms with Crippen molar-refractivity contribution in [3.05, 3.63) is 64.2 Å². The van der Waals surface area contributed by atoms with E-state index < -0.39 is 16.1 Å². The summed E-state index contributed by atoms with van der Waals surface area (Å²) in [6, 6.07) is 11.1. The summed E-state index contributed by atoms with van der Waals surface area (Å²) in [5.74, 6) is -0.279. The number of hydrogen-bond donors (Lipinski definition) is 1. The molecular weight excluding hydrogens is 408 g/mol. The van der Waals surface area contributed by atoms with Gasteiger partial charge in [-0.15, -0.1) is 0 Å². The molecule has 0 saturated heterocycles. The van der Waals surface area contributed by atoms with E-state index in [1.165, 1.54) is 28.3 Å². The van der Waals surface area contributed by atoms with Crippen LogP contribution in [0.1, 0.15) is 67.0 Å². The lowest BCUT2D eigenvalue weighted by atomic mass is 9.89. The average molecular weight is 443 g/mol. The fourth-order valence-corrected chi connectivity index (χ4v) is 5.67. The number of benzene rings is 2. The Hall–Kier alpha value is -2.34. The molecule has 1 aliphatic rings. The summed E-state index contributed by atoms with van der Waals surface area (Å²) in [7, 11) is -3.65. The van der Waals surface area contributed by atoms with Crippen molar-refractivity contribution in [2.24, 2.45) is 0 Å². The van der Waals surface area contributed by atoms with Crippen molar-refractivity contribution in [3.63, 3.8) is 0 Å². The highest BCUT2D eigenvalue weighted by Crippen LogP contribution is 2.29. The van der Waals surface area contributed by atoms with Gasteiger partial charge in [0.1, 0.15) is 6.04 Å². The summed E-state index contributed by atoms with van der Waals surface area (Å²) in [4.78, 5) is 13.3. The predicted molar refractivity (Wildman–Crippen MR) is 127 cm³/mol. The van der Waals surface area contributed by atoms with Crippen LogP contribution >= 0.6 is 0 Å². The van der Waals surface area contributed by atoms with Crippen LogP contribution in [0.4, 0.5) is 5.69 Å². The summed E-state index contributed by atoms with van der Waals surface area (Å²) < 4.78 is 26.8. The topological polar surface area (TPSA) is 66.5 Å². The molecule has 1 aliphatic carbocycles. The summed E-state index contributed by atoms with van der Waals surface area (Å²) in [6.45, 7) is 7.59. The van der Waals surface area contributed by atoms with E-state index >= 15 is 0 Å². The lowest BCUT2D eigenvalue weighted by Crippen LogP contribution is -2.50. The van der Waals surface area contributed by atoms with Gasteiger partial charge in [-0.2, -0.15) is 0 Å². The third kappa shape index (κ3) is 5.29. The zero-order valence-electron chi connectivity index (χ0n) is 19.2. The van der Waals surface area contributed by atoms with Gasteiger partial charge in [0.15, 0.2) is 0 Å². The molecule has 2 aromatic rings. The number of sulfonamides is 1. The van der Waals surface area contributed by atoms with E-state index in [0.29, 0.717) is 12.1 Å². The molecule has 0 bridgehead atoms. The quantitative estimate of drug-likeness (QED) is 0.681. The van der Waals surface area contributed by atoms with Crippen LogP contribution in [0.25, 0.3) is 0 Å². The van der Waals surface area contributed by atoms with Crippen molar-refractivity contribution in [1.82, 2.24) is 5.32 Å². The first kappa shape index (κ1) is 23.3. The van der Waals surface area contributed by atoms with Gasteiger partial charge in [-0.1, -0.05) is 37.3 Å². The number of aryl methyl sites for hydroxylation is 4. The van der Waals surface area contributed by atoms with Crippen LogP contribution in [0.2, 0.25) is 0 Å². The van der Waals surface area contributed by atoms with E-state index in [-0.39, 0.29) is 11.9 Å². The number of nitrogens with one attached hydrogen (secondary N) is 1. The second kappa shape index (κ2) is 9.43. The number of rotatable bonds is 7. The summed E-state index contributed by atoms with van der Waals surface area (Å²) in [6.07, 6.45) is 6.18. The number of nitrogens with zero attached hydrogens (tertiary/aromatic N) is 1. The van der Waals surface area contributed by atoms with Crippen molar-refractivity contribution < 1.29 is 13.2 Å². The van der Waals surface area contributed by atoms with E-state index in [4.69, 9.17) is 0 Å². The lowest BCUT2D eigenvalue weighted by Gasteiger charge is -2.32. The molecule has 0 fully saturated rings. The van der Waals surface area contributed by atoms with Gasteiger partial charge in [0.2, 0.25) is 15.9 Å². The highest BCUT2D eigenvalue weighted by Gasteiger charge is 2.33. The first-order valence-corrected chi connectivity index (χ1v) is 13.0. The second-order valence-electron chi connectivity index (χ2n) is 8.74. The van der Waals surface area contributed by atoms with Crippen molar-refractivity contribution in [3.8, 4) is 0 Å². The summed E-state index contributed by atoms with van der Waals surface area (Å²) >= 11 is 0. The molecule has 0 saturated carbocycles. The smallest absolute Gasteiger partial charge is 0.244 e. The van der Waals surface area contributed by atoms with Crippen LogP contribution in [0, 0.1) is 13.8 Å². The van der Waals surface area contributed by atoms with Gasteiger partial charge in [0, 0.05) is 0 Å². The molecule has 5 nitrogen and oxygen atoms in total. The third-order valence-electron chi connectivity index (χ3n) is 6.16. The fourth-order valence-electron chi connectivity index (χ4n) is 4.41. The molecule has 0 aliphatic heterocycles. The first-order valence-electron chi connectivity index (χ1n) is 11.1. The minimum Gasteiger partial charge on any atom is -0.348 e. The van der Waals surface area contributed by atoms with E-state index in [1.54, 1.807) is 0 Å². The van der Waals surface area contributed by atoms with Crippen LogP contribution in [-0.2, 0) is 27.7 Å². The molecule has 0 radical (unpaired) electrons. The molecule has 2 atom stereocenters. The fraction of sp³-hybridized carbons (Fsp3) is 0.480. The molecule has 3 rings (SSSR count). The minimum atomic E-state index is -3.65. The van der Waals surface area contributed by atoms with Crippen molar-refractivity contribution in [2.75, 3.05) is 10.6 Å². The highest BCUT2D eigenvalue weighted by atomic mass is 32.2. The molecule has 2 aromatic carbocycles. The van der Waals surface area contributed by atoms with E-state index in [2.05, 4.69) is 23.5 Å². The molecule has 0 spiro atoms. The molecule has 168 valence electrons. The van der Waals surface area contributed by atoms with Gasteiger partial charge in [0.05, 0.1) is 18.0 Å². The van der Waals surface area contributed by atoms with Gasteiger partial charge >= 0.3 is 0 Å². The number of hydrogen-bond acceptors (Lipinski definition) is 3. The molecule has 0 unspecified atom stereocenters. The number of fused-ring (bicyclic) bond motifs is 1. The van der Waals surface area contributed by atoms with Gasteiger partial charge in [-0.3, -0.25) is 9.10 Å². The normalized spacial score (nSPS) is 15.6. The molecule has 31 heavy (non-hydrogen) atoms. The number of carbonyl (C=O) groups excluding carboxylic acids is 1. The molecule has 0 heterocycles. The van der Waals surface area contributed by atoms with Crippen molar-refractivity contribution in [2.45, 2.75) is 71.9 Å². The van der Waals surface area contributed by atoms with Gasteiger partial charge in [-0.05, 0) is 86.8 Å². The standard InChI is InChI=1S/C25H34N2O3S/c1-6-23(27(31(5,29)30)24-15-17(2)11-12-18(24)3)25(28)26-19(4)21-14-13-20-9-7-8-10-22(20)16-21/h11-16,19,23H,6-10H2,1-5H3,(H,26,28)/t19-,23-/m1/s1. The average Bonchev–Trinajstić information content (AvgIpc) is 2.72. The Labute approximate surface area is 186 Å². The predicted octanol–water partition coefficient (Wildman–Crippen LogP) is 4.60. The highest BCUT2D eigenvalue weighted by molar-refractivity contribution is 7.92. The zero-order chi connectivity index (χ0) is 22.8. The van der Waals surface area contributed by atoms with Crippen LogP contribution in [0.5, 0.6) is 0 Å². The van der Waals surface area contributed by atoms with E-state index in [1.807, 2.05) is 45.9 Å². The summed E-state index contributed by atoms with van der Waals surface area (Å²) in [5.41, 5.74) is 6.16. The minimum absolute atomic E-state index is 0.200. The molecule has 0 aromatic heterocycles. The van der Waals surface area contributed by atoms with Gasteiger partial charge in [-0.25, -0.2) is 8.42 Å². The Kier molecular flexibility index (Phi) is 7.10. The lowest BCUT2D eigenvalue weighted by molar-refractivity contribution is -0.122. The molecular formula is C25H34N2O3S. The van der Waals surface area contributed by atoms with Crippen molar-refractivity contribution in [1.29, 1.82) is 0 Å². The SMILES string of the molecule is CC[C@H](C(=O)N[C@H](C)c1ccc2c(c1)CCCC2)N(c1cc(C)ccc1C)S(C)(=O)=O. The molecule has 1 amide bonds. The van der Waals surface area contributed by atoms with Gasteiger partial charge < -0.3 is 5.32 Å². The Bertz CT molecular complexity index is 1060. The van der Waals surface area contributed by atoms with E-state index in [0.717, 1.165) is 35.8 Å². The van der Waals surface area contributed by atoms with E-state index in [9.17, 15) is 13.2 Å². The Morgan fingerprint density at radius 2 is 1.74 bits per heavy atom. The second-order valence-corrected chi connectivity index (χ2v) is 10.6. The maximum Gasteiger partial charge on any atom is 0.244 e. The maximum absolute atomic E-state index is 13.3. The van der Waals surface area contributed by atoms with Crippen LogP contribution < -0.4 is 9.62 Å². The number of anilines is 1. The zero-order valence-corrected chi connectivity index (χ0v) is 20.1. The molecule has 6 heteroatoms. The van der Waals surface area contributed by atoms with Gasteiger partial charge in [0.25, 0.3) is 0 Å². The first-order chi connectivity index (χ1) is 14.6. The van der Waals surface area contributed by atoms with Crippen LogP contribution in [-0.4, -0.2) is 26.6 Å². The molecule has 1 N–H and O–H groups in total. The Morgan fingerprint density at radius 3 is 2.39 bits per heavy atom. The maximum atomic E-state index is 13.3. The summed E-state index contributed by atoms with van der Waals surface area (Å²) in [5, 5.41) is 3.07. The van der Waals surface area contributed by atoms with Crippen molar-refractivity contribution >= 4 is 21.6 Å². The Morgan fingerprint density at radius 1 is 1.06 bits per heavy atom. The number of carbonyl (C=O) groups is 1. The monoisotopic (exact) mass is 442 g/mol.